The average Bonchev–Trinajstić information content (AvgIpc) is 3.49. The number of thioether (sulfide) groups is 1. The van der Waals surface area contributed by atoms with Crippen LogP contribution in [0.3, 0.4) is 0 Å². The second-order valence-corrected chi connectivity index (χ2v) is 11.0. The fraction of sp³-hybridized carbons (Fsp3) is 0.550. The number of aromatic amines is 1. The zero-order valence-electron chi connectivity index (χ0n) is 16.9. The number of rotatable bonds is 7. The van der Waals surface area contributed by atoms with Gasteiger partial charge in [-0.1, -0.05) is 24.6 Å². The molecule has 10 heteroatoms. The summed E-state index contributed by atoms with van der Waals surface area (Å²) < 4.78 is 29.1. The van der Waals surface area contributed by atoms with Crippen LogP contribution in [0.1, 0.15) is 32.1 Å². The summed E-state index contributed by atoms with van der Waals surface area (Å²) in [5.74, 6) is 1.83. The minimum atomic E-state index is -3.04. The number of carbonyl (C=O) groups is 1. The van der Waals surface area contributed by atoms with Gasteiger partial charge in [-0.05, 0) is 43.5 Å². The highest BCUT2D eigenvalue weighted by molar-refractivity contribution is 7.99. The lowest BCUT2D eigenvalue weighted by atomic mass is 10.1. The van der Waals surface area contributed by atoms with Gasteiger partial charge < -0.3 is 9.64 Å². The van der Waals surface area contributed by atoms with E-state index in [2.05, 4.69) is 15.2 Å². The van der Waals surface area contributed by atoms with Gasteiger partial charge in [-0.2, -0.15) is 0 Å². The van der Waals surface area contributed by atoms with E-state index in [0.29, 0.717) is 17.4 Å². The molecule has 8 nitrogen and oxygen atoms in total. The van der Waals surface area contributed by atoms with Crippen LogP contribution in [0.4, 0.5) is 0 Å². The molecule has 1 aromatic heterocycles. The molecule has 0 radical (unpaired) electrons. The molecule has 162 valence electrons. The topological polar surface area (TPSA) is 105 Å². The smallest absolute Gasteiger partial charge is 0.233 e. The van der Waals surface area contributed by atoms with Crippen LogP contribution in [0.2, 0.25) is 0 Å². The van der Waals surface area contributed by atoms with Crippen LogP contribution in [0.25, 0.3) is 11.4 Å². The Hall–Kier alpha value is -2.07. The van der Waals surface area contributed by atoms with Gasteiger partial charge in [0.15, 0.2) is 15.7 Å². The van der Waals surface area contributed by atoms with Crippen LogP contribution in [0.5, 0.6) is 5.75 Å². The largest absolute Gasteiger partial charge is 0.497 e. The van der Waals surface area contributed by atoms with Gasteiger partial charge in [-0.15, -0.1) is 5.10 Å². The van der Waals surface area contributed by atoms with E-state index in [0.717, 1.165) is 37.0 Å². The summed E-state index contributed by atoms with van der Waals surface area (Å²) in [6, 6.07) is 7.43. The summed E-state index contributed by atoms with van der Waals surface area (Å²) in [6.45, 7) is 0. The lowest BCUT2D eigenvalue weighted by Crippen LogP contribution is -2.47. The van der Waals surface area contributed by atoms with Crippen molar-refractivity contribution in [3.63, 3.8) is 0 Å². The molecule has 4 rings (SSSR count). The predicted octanol–water partition coefficient (Wildman–Crippen LogP) is 2.53. The van der Waals surface area contributed by atoms with Crippen LogP contribution < -0.4 is 4.74 Å². The van der Waals surface area contributed by atoms with E-state index in [4.69, 9.17) is 4.74 Å². The second-order valence-electron chi connectivity index (χ2n) is 7.78. The van der Waals surface area contributed by atoms with Crippen molar-refractivity contribution >= 4 is 27.5 Å². The first-order valence-electron chi connectivity index (χ1n) is 10.2. The molecule has 1 saturated carbocycles. The number of aromatic nitrogens is 3. The van der Waals surface area contributed by atoms with E-state index in [1.54, 1.807) is 7.11 Å². The number of sulfone groups is 1. The van der Waals surface area contributed by atoms with Gasteiger partial charge in [0, 0.05) is 17.6 Å². The van der Waals surface area contributed by atoms with Crippen LogP contribution in [-0.2, 0) is 14.6 Å². The van der Waals surface area contributed by atoms with Crippen molar-refractivity contribution in [1.82, 2.24) is 20.1 Å². The molecule has 1 saturated heterocycles. The highest BCUT2D eigenvalue weighted by Gasteiger charge is 2.38. The fourth-order valence-corrected chi connectivity index (χ4v) is 6.65. The zero-order chi connectivity index (χ0) is 21.1. The van der Waals surface area contributed by atoms with E-state index in [1.807, 2.05) is 29.2 Å². The van der Waals surface area contributed by atoms with Crippen molar-refractivity contribution in [2.24, 2.45) is 0 Å². The highest BCUT2D eigenvalue weighted by Crippen LogP contribution is 2.30. The summed E-state index contributed by atoms with van der Waals surface area (Å²) in [6.07, 6.45) is 4.63. The quantitative estimate of drug-likeness (QED) is 0.646. The lowest BCUT2D eigenvalue weighted by molar-refractivity contribution is -0.132. The minimum Gasteiger partial charge on any atom is -0.497 e. The Morgan fingerprint density at radius 1 is 1.20 bits per heavy atom. The maximum atomic E-state index is 13.1. The molecule has 2 heterocycles. The molecule has 1 amide bonds. The van der Waals surface area contributed by atoms with Crippen molar-refractivity contribution in [2.45, 2.75) is 49.3 Å². The minimum absolute atomic E-state index is 0.0233. The normalized spacial score (nSPS) is 21.0. The third-order valence-corrected chi connectivity index (χ3v) is 8.34. The van der Waals surface area contributed by atoms with Crippen molar-refractivity contribution in [1.29, 1.82) is 0 Å². The molecule has 2 aromatic rings. The summed E-state index contributed by atoms with van der Waals surface area (Å²) in [4.78, 5) is 19.4. The highest BCUT2D eigenvalue weighted by atomic mass is 32.2. The van der Waals surface area contributed by atoms with Crippen molar-refractivity contribution in [3.05, 3.63) is 24.3 Å². The van der Waals surface area contributed by atoms with Gasteiger partial charge in [-0.3, -0.25) is 9.89 Å². The number of H-pyrrole nitrogens is 1. The number of hydrogen-bond donors (Lipinski definition) is 1. The van der Waals surface area contributed by atoms with Crippen LogP contribution in [0, 0.1) is 0 Å². The number of carbonyl (C=O) groups excluding carboxylic acids is 1. The summed E-state index contributed by atoms with van der Waals surface area (Å²) >= 11 is 1.28. The SMILES string of the molecule is COc1ccc(-c2nc(SCC(=O)N(C3CCCC3)C3CCS(=O)(=O)C3)n[nH]2)cc1. The molecular weight excluding hydrogens is 424 g/mol. The van der Waals surface area contributed by atoms with Crippen LogP contribution >= 0.6 is 11.8 Å². The van der Waals surface area contributed by atoms with Gasteiger partial charge in [0.05, 0.1) is 24.4 Å². The Balaban J connectivity index is 1.41. The number of amides is 1. The Morgan fingerprint density at radius 2 is 1.93 bits per heavy atom. The van der Waals surface area contributed by atoms with Crippen molar-refractivity contribution in [2.75, 3.05) is 24.4 Å². The zero-order valence-corrected chi connectivity index (χ0v) is 18.5. The summed E-state index contributed by atoms with van der Waals surface area (Å²) in [5, 5.41) is 7.62. The molecule has 1 aromatic carbocycles. The third kappa shape index (κ3) is 4.80. The molecule has 2 fully saturated rings. The van der Waals surface area contributed by atoms with E-state index in [-0.39, 0.29) is 35.2 Å². The summed E-state index contributed by atoms with van der Waals surface area (Å²) in [7, 11) is -1.43. The number of benzene rings is 1. The summed E-state index contributed by atoms with van der Waals surface area (Å²) in [5.41, 5.74) is 0.880. The first kappa shape index (κ1) is 21.2. The molecule has 30 heavy (non-hydrogen) atoms. The molecule has 2 aliphatic rings. The number of methoxy groups -OCH3 is 1. The van der Waals surface area contributed by atoms with E-state index >= 15 is 0 Å². The van der Waals surface area contributed by atoms with Crippen molar-refractivity contribution < 1.29 is 17.9 Å². The van der Waals surface area contributed by atoms with Crippen LogP contribution in [-0.4, -0.2) is 70.9 Å². The predicted molar refractivity (Wildman–Crippen MR) is 115 cm³/mol. The lowest BCUT2D eigenvalue weighted by Gasteiger charge is -2.34. The number of ether oxygens (including phenoxy) is 1. The van der Waals surface area contributed by atoms with E-state index in [1.165, 1.54) is 11.8 Å². The van der Waals surface area contributed by atoms with Gasteiger partial charge in [0.1, 0.15) is 5.75 Å². The molecule has 1 N–H and O–H groups in total. The standard InChI is InChI=1S/C20H26N4O4S2/c1-28-17-8-6-14(7-9-17)19-21-20(23-22-19)29-12-18(25)24(15-4-2-3-5-15)16-10-11-30(26,27)13-16/h6-9,15-16H,2-5,10-13H2,1H3,(H,21,22,23). The molecule has 1 unspecified atom stereocenters. The van der Waals surface area contributed by atoms with Gasteiger partial charge in [0.2, 0.25) is 11.1 Å². The Morgan fingerprint density at radius 3 is 2.57 bits per heavy atom. The van der Waals surface area contributed by atoms with Gasteiger partial charge >= 0.3 is 0 Å². The Labute approximate surface area is 180 Å². The Kier molecular flexibility index (Phi) is 6.33. The fourth-order valence-electron chi connectivity index (χ4n) is 4.27. The van der Waals surface area contributed by atoms with E-state index < -0.39 is 9.84 Å². The first-order valence-corrected chi connectivity index (χ1v) is 13.0. The van der Waals surface area contributed by atoms with Crippen LogP contribution in [0.15, 0.2) is 29.4 Å². The van der Waals surface area contributed by atoms with Gasteiger partial charge in [-0.25, -0.2) is 13.4 Å². The Bertz CT molecular complexity index is 984. The monoisotopic (exact) mass is 450 g/mol. The molecule has 0 spiro atoms. The third-order valence-electron chi connectivity index (χ3n) is 5.76. The van der Waals surface area contributed by atoms with Gasteiger partial charge in [0.25, 0.3) is 0 Å². The molecular formula is C20H26N4O4S2. The molecule has 0 bridgehead atoms. The second kappa shape index (κ2) is 8.97. The maximum absolute atomic E-state index is 13.1. The number of nitrogens with zero attached hydrogens (tertiary/aromatic N) is 3. The van der Waals surface area contributed by atoms with E-state index in [9.17, 15) is 13.2 Å². The van der Waals surface area contributed by atoms with Crippen molar-refractivity contribution in [3.8, 4) is 17.1 Å². The first-order chi connectivity index (χ1) is 14.4. The maximum Gasteiger partial charge on any atom is 0.233 e. The number of nitrogens with one attached hydrogen (secondary N) is 1. The number of hydrogen-bond acceptors (Lipinski definition) is 7. The molecule has 1 aliphatic carbocycles. The average molecular weight is 451 g/mol. The molecule has 1 atom stereocenters. The molecule has 1 aliphatic heterocycles.